The number of allylic oxidation sites excluding steroid dienone is 2. The predicted molar refractivity (Wildman–Crippen MR) is 266 cm³/mol. The van der Waals surface area contributed by atoms with Crippen molar-refractivity contribution in [3.05, 3.63) is 248 Å². The van der Waals surface area contributed by atoms with Gasteiger partial charge in [-0.1, -0.05) is 200 Å². The van der Waals surface area contributed by atoms with Crippen molar-refractivity contribution in [1.29, 1.82) is 0 Å². The van der Waals surface area contributed by atoms with Gasteiger partial charge in [-0.15, -0.1) is 0 Å². The standard InChI is InChI=1S/C60H41N3/c1-3-11-40(12-4-1)42-19-23-44(24-20-42)46-27-31-48(32-28-46)59-60(49-33-29-47(30-34-49)45-25-21-43(22-26-45)41-13-5-2-6-14-41)62-56-39-52(35-36-55(56)61-59)63-57-18-10-9-17-53(57)54-37-50-15-7-8-16-51(50)38-58(54)63/h1-39,56,62H. The van der Waals surface area contributed by atoms with Crippen molar-refractivity contribution >= 4 is 55.4 Å². The molecule has 0 amide bonds. The van der Waals surface area contributed by atoms with E-state index in [2.05, 4.69) is 247 Å². The average Bonchev–Trinajstić information content (AvgIpc) is 3.69. The molecule has 2 aliphatic rings. The van der Waals surface area contributed by atoms with Crippen LogP contribution in [0, 0.1) is 0 Å². The fourth-order valence-corrected chi connectivity index (χ4v) is 9.35. The van der Waals surface area contributed by atoms with Crippen molar-refractivity contribution in [3.63, 3.8) is 0 Å². The van der Waals surface area contributed by atoms with Crippen LogP contribution in [0.1, 0.15) is 11.1 Å². The molecule has 0 fully saturated rings. The van der Waals surface area contributed by atoms with Crippen LogP contribution in [-0.4, -0.2) is 16.3 Å². The number of para-hydroxylation sites is 1. The SMILES string of the molecule is C1=CC2=NC(c3ccc(-c4ccc(-c5ccccc5)cc4)cc3)=C(c3ccc(-c4ccc(-c5ccccc5)cc4)cc3)NC2C=C1n1c2ccccc2c2cc3ccccc3cc21. The molecule has 0 radical (unpaired) electrons. The minimum atomic E-state index is -0.131. The number of hydrogen-bond acceptors (Lipinski definition) is 2. The number of nitrogens with one attached hydrogen (secondary N) is 1. The van der Waals surface area contributed by atoms with Gasteiger partial charge >= 0.3 is 0 Å². The van der Waals surface area contributed by atoms with E-state index in [1.807, 2.05) is 0 Å². The minimum Gasteiger partial charge on any atom is -0.371 e. The molecule has 1 N–H and O–H groups in total. The maximum absolute atomic E-state index is 5.47. The lowest BCUT2D eigenvalue weighted by Crippen LogP contribution is -2.38. The summed E-state index contributed by atoms with van der Waals surface area (Å²) < 4.78 is 2.41. The van der Waals surface area contributed by atoms with Crippen molar-refractivity contribution < 1.29 is 0 Å². The molecule has 1 atom stereocenters. The molecule has 12 rings (SSSR count). The van der Waals surface area contributed by atoms with Crippen LogP contribution in [0.4, 0.5) is 0 Å². The van der Waals surface area contributed by atoms with Crippen molar-refractivity contribution in [3.8, 4) is 44.5 Å². The molecule has 1 aliphatic carbocycles. The second kappa shape index (κ2) is 15.3. The van der Waals surface area contributed by atoms with Gasteiger partial charge in [0.25, 0.3) is 0 Å². The summed E-state index contributed by atoms with van der Waals surface area (Å²) in [5.41, 5.74) is 18.1. The monoisotopic (exact) mass is 803 g/mol. The van der Waals surface area contributed by atoms with Crippen molar-refractivity contribution in [2.45, 2.75) is 6.04 Å². The molecule has 0 bridgehead atoms. The van der Waals surface area contributed by atoms with Gasteiger partial charge in [0.1, 0.15) is 0 Å². The van der Waals surface area contributed by atoms with Crippen LogP contribution in [-0.2, 0) is 0 Å². The fraction of sp³-hybridized carbons (Fsp3) is 0.0167. The molecule has 0 saturated heterocycles. The zero-order valence-electron chi connectivity index (χ0n) is 34.5. The lowest BCUT2D eigenvalue weighted by Gasteiger charge is -2.29. The first kappa shape index (κ1) is 36.6. The van der Waals surface area contributed by atoms with Crippen molar-refractivity contribution in [1.82, 2.24) is 9.88 Å². The number of rotatable bonds is 7. The summed E-state index contributed by atoms with van der Waals surface area (Å²) in [4.78, 5) is 5.47. The van der Waals surface area contributed by atoms with Gasteiger partial charge in [0, 0.05) is 22.0 Å². The van der Waals surface area contributed by atoms with E-state index in [0.717, 1.165) is 33.9 Å². The molecule has 3 heteroatoms. The Morgan fingerprint density at radius 3 is 1.37 bits per heavy atom. The second-order valence-corrected chi connectivity index (χ2v) is 16.4. The number of benzene rings is 9. The van der Waals surface area contributed by atoms with E-state index in [4.69, 9.17) is 4.99 Å². The molecule has 9 aromatic carbocycles. The van der Waals surface area contributed by atoms with Gasteiger partial charge in [0.05, 0.1) is 34.2 Å². The molecular weight excluding hydrogens is 763 g/mol. The first-order valence-electron chi connectivity index (χ1n) is 21.6. The highest BCUT2D eigenvalue weighted by Gasteiger charge is 2.27. The number of hydrogen-bond donors (Lipinski definition) is 1. The highest BCUT2D eigenvalue weighted by Crippen LogP contribution is 2.38. The van der Waals surface area contributed by atoms with E-state index in [1.54, 1.807) is 0 Å². The van der Waals surface area contributed by atoms with Crippen LogP contribution in [0.3, 0.4) is 0 Å². The van der Waals surface area contributed by atoms with Gasteiger partial charge in [-0.05, 0) is 97.3 Å². The van der Waals surface area contributed by atoms with Gasteiger partial charge in [0.15, 0.2) is 0 Å². The van der Waals surface area contributed by atoms with E-state index in [1.165, 1.54) is 77.1 Å². The summed E-state index contributed by atoms with van der Waals surface area (Å²) >= 11 is 0. The smallest absolute Gasteiger partial charge is 0.0944 e. The maximum Gasteiger partial charge on any atom is 0.0944 e. The third kappa shape index (κ3) is 6.68. The second-order valence-electron chi connectivity index (χ2n) is 16.4. The molecule has 0 spiro atoms. The highest BCUT2D eigenvalue weighted by atomic mass is 15.0. The zero-order chi connectivity index (χ0) is 41.7. The summed E-state index contributed by atoms with van der Waals surface area (Å²) in [5.74, 6) is 0. The van der Waals surface area contributed by atoms with Gasteiger partial charge in [0.2, 0.25) is 0 Å². The first-order valence-corrected chi connectivity index (χ1v) is 21.6. The Balaban J connectivity index is 0.921. The number of nitrogens with zero attached hydrogens (tertiary/aromatic N) is 2. The van der Waals surface area contributed by atoms with E-state index in [9.17, 15) is 0 Å². The molecule has 1 unspecified atom stereocenters. The number of aliphatic imine (C=N–C) groups is 1. The summed E-state index contributed by atoms with van der Waals surface area (Å²) in [6, 6.07) is 78.4. The normalized spacial score (nSPS) is 14.7. The molecule has 63 heavy (non-hydrogen) atoms. The van der Waals surface area contributed by atoms with E-state index in [-0.39, 0.29) is 6.04 Å². The summed E-state index contributed by atoms with van der Waals surface area (Å²) in [7, 11) is 0. The predicted octanol–water partition coefficient (Wildman–Crippen LogP) is 15.0. The Hall–Kier alpha value is -8.27. The molecular formula is C60H41N3. The number of fused-ring (bicyclic) bond motifs is 5. The molecule has 296 valence electrons. The largest absolute Gasteiger partial charge is 0.371 e. The molecule has 1 aliphatic heterocycles. The maximum atomic E-state index is 5.47. The van der Waals surface area contributed by atoms with Crippen LogP contribution in [0.15, 0.2) is 242 Å². The fourth-order valence-electron chi connectivity index (χ4n) is 9.35. The van der Waals surface area contributed by atoms with Gasteiger partial charge in [-0.25, -0.2) is 4.99 Å². The minimum absolute atomic E-state index is 0.131. The molecule has 0 saturated carbocycles. The molecule has 2 heterocycles. The topological polar surface area (TPSA) is 29.3 Å². The van der Waals surface area contributed by atoms with Crippen LogP contribution in [0.25, 0.3) is 94.2 Å². The Morgan fingerprint density at radius 2 is 0.810 bits per heavy atom. The Kier molecular flexibility index (Phi) is 8.90. The van der Waals surface area contributed by atoms with Crippen LogP contribution < -0.4 is 5.32 Å². The first-order chi connectivity index (χ1) is 31.2. The Bertz CT molecular complexity index is 3460. The lowest BCUT2D eigenvalue weighted by atomic mass is 9.94. The highest BCUT2D eigenvalue weighted by molar-refractivity contribution is 6.16. The quantitative estimate of drug-likeness (QED) is 0.171. The van der Waals surface area contributed by atoms with E-state index in [0.29, 0.717) is 0 Å². The Morgan fingerprint density at radius 1 is 0.365 bits per heavy atom. The van der Waals surface area contributed by atoms with Crippen LogP contribution in [0.2, 0.25) is 0 Å². The van der Waals surface area contributed by atoms with E-state index < -0.39 is 0 Å². The van der Waals surface area contributed by atoms with Crippen molar-refractivity contribution in [2.75, 3.05) is 0 Å². The third-order valence-electron chi connectivity index (χ3n) is 12.6. The summed E-state index contributed by atoms with van der Waals surface area (Å²) in [6.45, 7) is 0. The van der Waals surface area contributed by atoms with Gasteiger partial charge in [-0.3, -0.25) is 0 Å². The van der Waals surface area contributed by atoms with Gasteiger partial charge in [-0.2, -0.15) is 0 Å². The molecule has 1 aromatic heterocycles. The average molecular weight is 804 g/mol. The summed E-state index contributed by atoms with van der Waals surface area (Å²) in [6.07, 6.45) is 6.75. The van der Waals surface area contributed by atoms with Crippen molar-refractivity contribution in [2.24, 2.45) is 4.99 Å². The third-order valence-corrected chi connectivity index (χ3v) is 12.6. The zero-order valence-corrected chi connectivity index (χ0v) is 34.5. The lowest BCUT2D eigenvalue weighted by molar-refractivity contribution is 0.879. The van der Waals surface area contributed by atoms with E-state index >= 15 is 0 Å². The molecule has 10 aromatic rings. The van der Waals surface area contributed by atoms with Crippen LogP contribution >= 0.6 is 0 Å². The van der Waals surface area contributed by atoms with Gasteiger partial charge < -0.3 is 9.88 Å². The number of aromatic nitrogens is 1. The summed E-state index contributed by atoms with van der Waals surface area (Å²) in [5, 5.41) is 8.97. The Labute approximate surface area is 367 Å². The molecule has 3 nitrogen and oxygen atoms in total. The van der Waals surface area contributed by atoms with Crippen LogP contribution in [0.5, 0.6) is 0 Å².